The summed E-state index contributed by atoms with van der Waals surface area (Å²) in [6.07, 6.45) is 25.9. The van der Waals surface area contributed by atoms with E-state index in [1.54, 1.807) is 30.5 Å². The van der Waals surface area contributed by atoms with Crippen LogP contribution in [0.1, 0.15) is 172 Å². The van der Waals surface area contributed by atoms with Crippen LogP contribution in [0.5, 0.6) is 0 Å². The van der Waals surface area contributed by atoms with Crippen molar-refractivity contribution in [2.24, 2.45) is 29.1 Å². The Morgan fingerprint density at radius 2 is 1.36 bits per heavy atom. The van der Waals surface area contributed by atoms with Gasteiger partial charge in [-0.2, -0.15) is 0 Å². The lowest BCUT2D eigenvalue weighted by molar-refractivity contribution is -0.156. The average molecular weight is 581 g/mol. The topological polar surface area (TPSA) is 46.5 Å². The van der Waals surface area contributed by atoms with E-state index in [1.165, 1.54) is 103 Å². The Morgan fingerprint density at radius 3 is 1.95 bits per heavy atom. The van der Waals surface area contributed by atoms with Gasteiger partial charge in [-0.15, -0.1) is 0 Å². The lowest BCUT2D eigenvalue weighted by Gasteiger charge is -2.38. The molecule has 0 spiro atoms. The highest BCUT2D eigenvalue weighted by atomic mass is 16.5. The predicted octanol–water partition coefficient (Wildman–Crippen LogP) is 10.5. The van der Waals surface area contributed by atoms with E-state index in [4.69, 9.17) is 4.74 Å². The highest BCUT2D eigenvalue weighted by Gasteiger charge is 2.32. The van der Waals surface area contributed by atoms with Gasteiger partial charge < -0.3 is 9.84 Å². The molecular formula is C39H64O3. The minimum absolute atomic E-state index is 0.169. The second-order valence-corrected chi connectivity index (χ2v) is 15.2. The van der Waals surface area contributed by atoms with E-state index < -0.39 is 5.41 Å². The van der Waals surface area contributed by atoms with E-state index in [0.717, 1.165) is 48.9 Å². The Bertz CT molecular complexity index is 927. The molecule has 3 nitrogen and oxygen atoms in total. The first-order valence-electron chi connectivity index (χ1n) is 18.2. The Labute approximate surface area is 259 Å². The molecule has 0 unspecified atom stereocenters. The summed E-state index contributed by atoms with van der Waals surface area (Å²) in [5.41, 5.74) is 4.07. The lowest BCUT2D eigenvalue weighted by atomic mass is 9.67. The maximum absolute atomic E-state index is 12.1. The Kier molecular flexibility index (Phi) is 13.3. The van der Waals surface area contributed by atoms with Crippen LogP contribution < -0.4 is 0 Å². The van der Waals surface area contributed by atoms with Gasteiger partial charge in [-0.1, -0.05) is 70.6 Å². The van der Waals surface area contributed by atoms with Gasteiger partial charge in [0, 0.05) is 0 Å². The molecule has 0 radical (unpaired) electrons. The Balaban J connectivity index is 1.18. The summed E-state index contributed by atoms with van der Waals surface area (Å²) in [7, 11) is 0. The number of aliphatic hydroxyl groups excluding tert-OH is 1. The molecule has 0 saturated heterocycles. The maximum Gasteiger partial charge on any atom is 0.313 e. The molecule has 4 rings (SSSR count). The third kappa shape index (κ3) is 9.33. The molecule has 3 aliphatic rings. The molecule has 3 heteroatoms. The van der Waals surface area contributed by atoms with Crippen molar-refractivity contribution in [3.05, 3.63) is 34.9 Å². The first kappa shape index (κ1) is 33.5. The monoisotopic (exact) mass is 580 g/mol. The molecule has 1 N–H and O–H groups in total. The highest BCUT2D eigenvalue weighted by Crippen LogP contribution is 2.45. The van der Waals surface area contributed by atoms with Crippen molar-refractivity contribution >= 4 is 5.97 Å². The number of aryl methyl sites for hydroxylation is 1. The first-order valence-corrected chi connectivity index (χ1v) is 18.2. The molecule has 0 heterocycles. The van der Waals surface area contributed by atoms with E-state index in [9.17, 15) is 9.90 Å². The summed E-state index contributed by atoms with van der Waals surface area (Å²) >= 11 is 0. The van der Waals surface area contributed by atoms with E-state index >= 15 is 0 Å². The van der Waals surface area contributed by atoms with Crippen molar-refractivity contribution in [1.29, 1.82) is 0 Å². The number of unbranched alkanes of at least 4 members (excludes halogenated alkanes) is 2. The van der Waals surface area contributed by atoms with Gasteiger partial charge in [0.15, 0.2) is 0 Å². The fourth-order valence-corrected chi connectivity index (χ4v) is 8.70. The second-order valence-electron chi connectivity index (χ2n) is 15.2. The molecule has 42 heavy (non-hydrogen) atoms. The van der Waals surface area contributed by atoms with Gasteiger partial charge in [0.05, 0.1) is 18.6 Å². The van der Waals surface area contributed by atoms with Crippen molar-refractivity contribution < 1.29 is 14.6 Å². The summed E-state index contributed by atoms with van der Waals surface area (Å²) in [6, 6.07) is 7.64. The van der Waals surface area contributed by atoms with Crippen LogP contribution in [0.3, 0.4) is 0 Å². The molecule has 3 aliphatic carbocycles. The van der Waals surface area contributed by atoms with Gasteiger partial charge in [-0.3, -0.25) is 4.79 Å². The quantitative estimate of drug-likeness (QED) is 0.176. The van der Waals surface area contributed by atoms with Gasteiger partial charge in [-0.05, 0) is 150 Å². The van der Waals surface area contributed by atoms with Crippen LogP contribution in [0.15, 0.2) is 18.2 Å². The second kappa shape index (κ2) is 16.6. The number of hydrogen-bond donors (Lipinski definition) is 1. The predicted molar refractivity (Wildman–Crippen MR) is 176 cm³/mol. The van der Waals surface area contributed by atoms with E-state index in [2.05, 4.69) is 32.0 Å². The number of aliphatic hydroxyl groups is 1. The minimum Gasteiger partial charge on any atom is -0.465 e. The molecule has 3 saturated carbocycles. The van der Waals surface area contributed by atoms with Crippen LogP contribution >= 0.6 is 0 Å². The van der Waals surface area contributed by atoms with Crippen LogP contribution in [0.4, 0.5) is 0 Å². The molecule has 0 aromatic heterocycles. The molecule has 0 amide bonds. The summed E-state index contributed by atoms with van der Waals surface area (Å²) in [6.45, 7) is 8.46. The molecular weight excluding hydrogens is 516 g/mol. The largest absolute Gasteiger partial charge is 0.465 e. The van der Waals surface area contributed by atoms with Gasteiger partial charge >= 0.3 is 5.97 Å². The summed E-state index contributed by atoms with van der Waals surface area (Å²) in [5, 5.41) is 9.35. The molecule has 3 fully saturated rings. The summed E-state index contributed by atoms with van der Waals surface area (Å²) < 4.78 is 5.43. The smallest absolute Gasteiger partial charge is 0.313 e. The minimum atomic E-state index is -0.795. The zero-order valence-corrected chi connectivity index (χ0v) is 27.8. The molecule has 0 atom stereocenters. The number of benzene rings is 1. The number of carbonyl (C=O) groups excluding carboxylic acids is 1. The maximum atomic E-state index is 12.1. The van der Waals surface area contributed by atoms with Crippen molar-refractivity contribution in [2.75, 3.05) is 13.2 Å². The zero-order chi connectivity index (χ0) is 30.0. The van der Waals surface area contributed by atoms with Gasteiger partial charge in [0.25, 0.3) is 0 Å². The highest BCUT2D eigenvalue weighted by molar-refractivity contribution is 5.75. The van der Waals surface area contributed by atoms with Crippen LogP contribution in [0.25, 0.3) is 0 Å². The summed E-state index contributed by atoms with van der Waals surface area (Å²) in [5.74, 6) is 5.00. The van der Waals surface area contributed by atoms with E-state index in [1.807, 2.05) is 0 Å². The molecule has 238 valence electrons. The van der Waals surface area contributed by atoms with Crippen molar-refractivity contribution in [3.8, 4) is 0 Å². The van der Waals surface area contributed by atoms with Crippen molar-refractivity contribution in [1.82, 2.24) is 0 Å². The van der Waals surface area contributed by atoms with Crippen molar-refractivity contribution in [3.63, 3.8) is 0 Å². The van der Waals surface area contributed by atoms with E-state index in [-0.39, 0.29) is 12.6 Å². The Hall–Kier alpha value is -1.35. The molecule has 1 aromatic rings. The van der Waals surface area contributed by atoms with E-state index in [0.29, 0.717) is 12.5 Å². The molecule has 1 aromatic carbocycles. The normalized spacial score (nSPS) is 28.9. The van der Waals surface area contributed by atoms with Crippen LogP contribution in [0.2, 0.25) is 0 Å². The first-order chi connectivity index (χ1) is 20.3. The number of carbonyl (C=O) groups is 1. The number of rotatable bonds is 14. The SMILES string of the molecule is CCCCCC1CCC(C2CCC(c3ccc(C4CCC(CCCOC(=O)C(C)(C)CO)CC4)c(CC)c3)CC2)CC1. The molecule has 0 aliphatic heterocycles. The third-order valence-corrected chi connectivity index (χ3v) is 11.8. The standard InChI is InChI=1S/C39H64O3/c1-5-7-8-10-29-12-16-32(17-13-29)33-20-22-34(23-21-33)36-24-25-37(31(6-2)27-36)35-18-14-30(15-19-35)11-9-26-42-38(41)39(3,4)28-40/h24-25,27,29-30,32-35,40H,5-23,26,28H2,1-4H3. The van der Waals surface area contributed by atoms with Crippen LogP contribution in [-0.2, 0) is 16.0 Å². The fourth-order valence-electron chi connectivity index (χ4n) is 8.70. The third-order valence-electron chi connectivity index (χ3n) is 11.8. The Morgan fingerprint density at radius 1 is 0.786 bits per heavy atom. The number of ether oxygens (including phenoxy) is 1. The average Bonchev–Trinajstić information content (AvgIpc) is 3.03. The number of hydrogen-bond acceptors (Lipinski definition) is 3. The van der Waals surface area contributed by atoms with Gasteiger partial charge in [-0.25, -0.2) is 0 Å². The van der Waals surface area contributed by atoms with Gasteiger partial charge in [0.1, 0.15) is 0 Å². The lowest BCUT2D eigenvalue weighted by Crippen LogP contribution is -2.30. The van der Waals surface area contributed by atoms with Crippen LogP contribution in [-0.4, -0.2) is 24.3 Å². The van der Waals surface area contributed by atoms with Crippen LogP contribution in [0, 0.1) is 29.1 Å². The number of esters is 1. The molecule has 0 bridgehead atoms. The summed E-state index contributed by atoms with van der Waals surface area (Å²) in [4.78, 5) is 12.1. The van der Waals surface area contributed by atoms with Gasteiger partial charge in [0.2, 0.25) is 0 Å². The van der Waals surface area contributed by atoms with Crippen molar-refractivity contribution in [2.45, 2.75) is 162 Å². The fraction of sp³-hybridized carbons (Fsp3) is 0.821. The zero-order valence-electron chi connectivity index (χ0n) is 27.8.